The second-order valence-corrected chi connectivity index (χ2v) is 19.2. The highest BCUT2D eigenvalue weighted by Crippen LogP contribution is 2.32. The fourth-order valence-corrected chi connectivity index (χ4v) is 14.4. The second-order valence-electron chi connectivity index (χ2n) is 15.3. The van der Waals surface area contributed by atoms with Gasteiger partial charge in [0, 0.05) is 15.5 Å². The lowest BCUT2D eigenvalue weighted by Gasteiger charge is -2.35. The number of imidazole rings is 4. The normalized spacial score (nSPS) is 13.2. The Morgan fingerprint density at radius 2 is 0.780 bits per heavy atom. The van der Waals surface area contributed by atoms with Crippen LogP contribution in [0.2, 0.25) is 0 Å². The van der Waals surface area contributed by atoms with Gasteiger partial charge in [-0.3, -0.25) is 17.9 Å². The van der Waals surface area contributed by atoms with E-state index in [1.807, 2.05) is 24.3 Å². The number of benzene rings is 8. The van der Waals surface area contributed by atoms with Gasteiger partial charge in [0.15, 0.2) is 8.07 Å². The van der Waals surface area contributed by atoms with Crippen molar-refractivity contribution in [2.24, 2.45) is 0 Å². The Bertz CT molecular complexity index is 3670. The van der Waals surface area contributed by atoms with Crippen molar-refractivity contribution in [1.82, 2.24) is 27.9 Å². The molecule has 0 unspecified atom stereocenters. The van der Waals surface area contributed by atoms with Crippen LogP contribution in [0.3, 0.4) is 0 Å². The lowest BCUT2D eigenvalue weighted by atomic mass is 10.2. The van der Waals surface area contributed by atoms with E-state index in [2.05, 4.69) is 189 Å². The maximum atomic E-state index is 8.35. The molecule has 0 aliphatic carbocycles. The summed E-state index contributed by atoms with van der Waals surface area (Å²) in [6.07, 6.45) is 0. The Labute approximate surface area is 345 Å². The summed E-state index contributed by atoms with van der Waals surface area (Å²) in [5, 5.41) is 4.93. The third-order valence-electron chi connectivity index (χ3n) is 12.2. The van der Waals surface area contributed by atoms with Gasteiger partial charge in [0.1, 0.15) is 0 Å². The molecule has 0 saturated heterocycles. The average Bonchev–Trinajstić information content (AvgIpc) is 4.04. The zero-order valence-corrected chi connectivity index (χ0v) is 33.2. The summed E-state index contributed by atoms with van der Waals surface area (Å²) < 4.78 is 33.9. The monoisotopic (exact) mass is 777 g/mol. The molecule has 0 radical (unpaired) electrons. The van der Waals surface area contributed by atoms with Crippen molar-refractivity contribution in [3.8, 4) is 11.4 Å². The van der Waals surface area contributed by atoms with Gasteiger partial charge in [-0.05, 0) is 106 Å². The van der Waals surface area contributed by atoms with E-state index in [0.29, 0.717) is 11.3 Å². The van der Waals surface area contributed by atoms with E-state index in [1.165, 1.54) is 20.7 Å². The second kappa shape index (κ2) is 12.8. The third-order valence-corrected chi connectivity index (χ3v) is 16.9. The van der Waals surface area contributed by atoms with Crippen molar-refractivity contribution >= 4 is 84.5 Å². The largest absolute Gasteiger partial charge is 0.278 e. The first kappa shape index (κ1) is 30.6. The number of rotatable bonds is 6. The molecule has 12 rings (SSSR count). The molecule has 0 amide bonds. The first-order valence-corrected chi connectivity index (χ1v) is 21.9. The van der Waals surface area contributed by atoms with Crippen molar-refractivity contribution in [3.05, 3.63) is 205 Å². The maximum Gasteiger partial charge on any atom is 0.220 e. The highest BCUT2D eigenvalue weighted by Gasteiger charge is 2.42. The van der Waals surface area contributed by atoms with Gasteiger partial charge in [-0.1, -0.05) is 133 Å². The van der Waals surface area contributed by atoms with Gasteiger partial charge in [-0.25, -0.2) is 9.97 Å². The van der Waals surface area contributed by atoms with Gasteiger partial charge < -0.3 is 0 Å². The molecule has 0 bridgehead atoms. The first-order chi connectivity index (χ1) is 30.3. The quantitative estimate of drug-likeness (QED) is 0.125. The number of hydrogen-bond acceptors (Lipinski definition) is 2. The molecule has 8 aromatic carbocycles. The summed E-state index contributed by atoms with van der Waals surface area (Å²) in [7, 11) is -3.12. The fraction of sp³-hybridized carbons (Fsp3) is 0.0385. The molecule has 0 fully saturated rings. The van der Waals surface area contributed by atoms with E-state index in [-0.39, 0.29) is 5.56 Å². The molecular weight excluding hydrogens is 737 g/mol. The van der Waals surface area contributed by atoms with Crippen LogP contribution in [0.1, 0.15) is 15.2 Å². The van der Waals surface area contributed by atoms with Crippen molar-refractivity contribution in [1.29, 1.82) is 0 Å². The molecule has 0 aliphatic heterocycles. The summed E-state index contributed by atoms with van der Waals surface area (Å²) >= 11 is 0. The molecule has 0 spiro atoms. The Kier molecular flexibility index (Phi) is 6.63. The van der Waals surface area contributed by atoms with Crippen LogP contribution >= 0.6 is 0 Å². The van der Waals surface area contributed by atoms with Crippen molar-refractivity contribution in [3.63, 3.8) is 0 Å². The van der Waals surface area contributed by atoms with Gasteiger partial charge in [0.2, 0.25) is 11.6 Å². The molecule has 4 aromatic heterocycles. The van der Waals surface area contributed by atoms with Crippen LogP contribution in [0.25, 0.3) is 67.1 Å². The minimum absolute atomic E-state index is 0.244. The highest BCUT2D eigenvalue weighted by molar-refractivity contribution is 7.20. The summed E-state index contributed by atoms with van der Waals surface area (Å²) in [5.41, 5.74) is 10.8. The smallest absolute Gasteiger partial charge is 0.220 e. The Morgan fingerprint density at radius 3 is 1.27 bits per heavy atom. The number of aromatic nitrogens is 6. The minimum atomic E-state index is -3.12. The third kappa shape index (κ3) is 4.73. The Morgan fingerprint density at radius 1 is 0.390 bits per heavy atom. The molecule has 280 valence electrons. The van der Waals surface area contributed by atoms with Crippen LogP contribution in [-0.2, 0) is 0 Å². The maximum absolute atomic E-state index is 8.35. The van der Waals surface area contributed by atoms with Crippen molar-refractivity contribution in [2.75, 3.05) is 0 Å². The number of fused-ring (bicyclic) bond motifs is 10. The van der Waals surface area contributed by atoms with E-state index < -0.39 is 14.9 Å². The van der Waals surface area contributed by atoms with Crippen LogP contribution in [-0.4, -0.2) is 36.0 Å². The van der Waals surface area contributed by atoms with Crippen LogP contribution in [0.4, 0.5) is 0 Å². The predicted molar refractivity (Wildman–Crippen MR) is 246 cm³/mol. The van der Waals surface area contributed by atoms with Crippen molar-refractivity contribution < 1.29 is 4.11 Å². The van der Waals surface area contributed by atoms with Gasteiger partial charge in [-0.15, -0.1) is 0 Å². The molecule has 59 heavy (non-hydrogen) atoms. The molecular formula is C52H38N6Si. The van der Waals surface area contributed by atoms with E-state index in [4.69, 9.17) is 14.1 Å². The first-order valence-electron chi connectivity index (χ1n) is 21.4. The molecule has 0 aliphatic rings. The predicted octanol–water partition coefficient (Wildman–Crippen LogP) is 9.17. The molecule has 4 heterocycles. The topological polar surface area (TPSA) is 44.5 Å². The molecule has 6 nitrogen and oxygen atoms in total. The van der Waals surface area contributed by atoms with E-state index >= 15 is 0 Å². The lowest BCUT2D eigenvalue weighted by Crippen LogP contribution is -2.74. The number of hydrogen-bond donors (Lipinski definition) is 0. The summed E-state index contributed by atoms with van der Waals surface area (Å²) in [6.45, 7) is -0.187. The van der Waals surface area contributed by atoms with E-state index in [1.54, 1.807) is 6.07 Å². The number of para-hydroxylation sites is 6. The van der Waals surface area contributed by atoms with E-state index in [0.717, 1.165) is 61.3 Å². The van der Waals surface area contributed by atoms with Gasteiger partial charge in [-0.2, -0.15) is 0 Å². The lowest BCUT2D eigenvalue weighted by molar-refractivity contribution is 1.11. The van der Waals surface area contributed by atoms with Gasteiger partial charge >= 0.3 is 0 Å². The zero-order chi connectivity index (χ0) is 41.7. The summed E-state index contributed by atoms with van der Waals surface area (Å²) in [4.78, 5) is 10.5. The SMILES string of the molecule is [2H]C([2H])([2H])c1cccc2c1nc1n(-c3cccc([Si](c4ccccc4)(c4ccccc4)c4cccc(-n5c6ccccc6n6c7cccc(C)c7nc56)c4)c3)c3ccccc3n21. The van der Waals surface area contributed by atoms with Crippen LogP contribution in [0.15, 0.2) is 194 Å². The summed E-state index contributed by atoms with van der Waals surface area (Å²) in [6, 6.07) is 68.6. The van der Waals surface area contributed by atoms with Gasteiger partial charge in [0.25, 0.3) is 0 Å². The van der Waals surface area contributed by atoms with Crippen LogP contribution in [0.5, 0.6) is 0 Å². The standard InChI is InChI=1S/C52H38N6Si/c1-35-17-13-31-47-49(35)53-51-55(43-27-9-11-29-45(43)57(47)51)37-19-15-25-41(33-37)59(39-21-5-3-6-22-39,40-23-7-4-8-24-40)42-26-16-20-38(34-42)56-44-28-10-12-30-46(44)58-48-32-14-18-36(2)50(48)54-52(56)58/h3-34H,1-2H3/i1D3. The summed E-state index contributed by atoms with van der Waals surface area (Å²) in [5.74, 6) is 1.54. The molecule has 0 saturated carbocycles. The molecule has 0 N–H and O–H groups in total. The Hall–Kier alpha value is -7.48. The average molecular weight is 778 g/mol. The minimum Gasteiger partial charge on any atom is -0.278 e. The van der Waals surface area contributed by atoms with Crippen LogP contribution < -0.4 is 20.7 Å². The molecule has 12 aromatic rings. The van der Waals surface area contributed by atoms with Crippen molar-refractivity contribution in [2.45, 2.75) is 13.8 Å². The number of nitrogens with zero attached hydrogens (tertiary/aromatic N) is 6. The van der Waals surface area contributed by atoms with E-state index in [9.17, 15) is 0 Å². The molecule has 0 atom stereocenters. The fourth-order valence-electron chi connectivity index (χ4n) is 9.63. The molecule has 7 heteroatoms. The zero-order valence-electron chi connectivity index (χ0n) is 35.2. The highest BCUT2D eigenvalue weighted by atomic mass is 28.3. The number of aryl methyl sites for hydroxylation is 2. The van der Waals surface area contributed by atoms with Gasteiger partial charge in [0.05, 0.1) is 44.1 Å². The van der Waals surface area contributed by atoms with Crippen LogP contribution in [0, 0.1) is 13.8 Å². The Balaban J connectivity index is 1.15.